The summed E-state index contributed by atoms with van der Waals surface area (Å²) in [5.74, 6) is -1.04. The SMILES string of the molecule is COC(=O)[C@H](CC(C)C)N[C@@H](CCC(=O)Nc1nc2ccc(F)cc2s1)C(C)=O. The molecule has 29 heavy (non-hydrogen) atoms. The van der Waals surface area contributed by atoms with Gasteiger partial charge < -0.3 is 10.1 Å². The summed E-state index contributed by atoms with van der Waals surface area (Å²) in [5, 5.41) is 6.07. The molecular formula is C20H26FN3O4S. The van der Waals surface area contributed by atoms with Crippen LogP contribution in [0, 0.1) is 11.7 Å². The van der Waals surface area contributed by atoms with E-state index >= 15 is 0 Å². The van der Waals surface area contributed by atoms with Gasteiger partial charge in [-0.1, -0.05) is 25.2 Å². The maximum absolute atomic E-state index is 13.3. The molecule has 1 aromatic carbocycles. The zero-order valence-electron chi connectivity index (χ0n) is 17.0. The number of anilines is 1. The molecule has 0 bridgehead atoms. The molecule has 0 saturated heterocycles. The van der Waals surface area contributed by atoms with Crippen molar-refractivity contribution in [1.29, 1.82) is 0 Å². The predicted octanol–water partition coefficient (Wildman–Crippen LogP) is 3.29. The topological polar surface area (TPSA) is 97.4 Å². The van der Waals surface area contributed by atoms with Crippen LogP contribution in [-0.4, -0.2) is 41.8 Å². The van der Waals surface area contributed by atoms with Gasteiger partial charge in [-0.15, -0.1) is 0 Å². The Hall–Kier alpha value is -2.39. The first-order valence-corrected chi connectivity index (χ1v) is 10.2. The molecule has 2 aromatic rings. The Labute approximate surface area is 173 Å². The number of halogens is 1. The van der Waals surface area contributed by atoms with Crippen LogP contribution in [0.3, 0.4) is 0 Å². The molecule has 0 saturated carbocycles. The van der Waals surface area contributed by atoms with Crippen LogP contribution in [-0.2, 0) is 19.1 Å². The zero-order valence-corrected chi connectivity index (χ0v) is 17.8. The Morgan fingerprint density at radius 3 is 2.59 bits per heavy atom. The number of ether oxygens (including phenoxy) is 1. The Bertz CT molecular complexity index is 884. The number of nitrogens with zero attached hydrogens (tertiary/aromatic N) is 1. The van der Waals surface area contributed by atoms with Gasteiger partial charge in [0.05, 0.1) is 23.4 Å². The number of rotatable bonds is 10. The zero-order chi connectivity index (χ0) is 21.6. The van der Waals surface area contributed by atoms with Crippen molar-refractivity contribution in [1.82, 2.24) is 10.3 Å². The summed E-state index contributed by atoms with van der Waals surface area (Å²) in [7, 11) is 1.30. The Kier molecular flexibility index (Phi) is 8.21. The number of hydrogen-bond acceptors (Lipinski definition) is 7. The van der Waals surface area contributed by atoms with Crippen LogP contribution in [0.25, 0.3) is 10.2 Å². The molecular weight excluding hydrogens is 397 g/mol. The molecule has 0 spiro atoms. The maximum atomic E-state index is 13.3. The highest BCUT2D eigenvalue weighted by Gasteiger charge is 2.26. The lowest BCUT2D eigenvalue weighted by molar-refractivity contribution is -0.144. The van der Waals surface area contributed by atoms with E-state index < -0.39 is 18.1 Å². The van der Waals surface area contributed by atoms with Crippen LogP contribution in [0.1, 0.15) is 40.0 Å². The molecule has 0 radical (unpaired) electrons. The van der Waals surface area contributed by atoms with Gasteiger partial charge in [0.25, 0.3) is 0 Å². The number of amides is 1. The van der Waals surface area contributed by atoms with Gasteiger partial charge in [0.15, 0.2) is 5.13 Å². The number of aromatic nitrogens is 1. The number of hydrogen-bond donors (Lipinski definition) is 2. The molecule has 1 heterocycles. The lowest BCUT2D eigenvalue weighted by atomic mass is 10.0. The fourth-order valence-corrected chi connectivity index (χ4v) is 3.81. The summed E-state index contributed by atoms with van der Waals surface area (Å²) in [5.41, 5.74) is 0.601. The smallest absolute Gasteiger partial charge is 0.322 e. The third-order valence-corrected chi connectivity index (χ3v) is 5.28. The first-order chi connectivity index (χ1) is 13.7. The van der Waals surface area contributed by atoms with E-state index in [0.29, 0.717) is 21.8 Å². The summed E-state index contributed by atoms with van der Waals surface area (Å²) in [6.07, 6.45) is 0.814. The fraction of sp³-hybridized carbons (Fsp3) is 0.500. The third-order valence-electron chi connectivity index (χ3n) is 4.34. The maximum Gasteiger partial charge on any atom is 0.322 e. The van der Waals surface area contributed by atoms with Gasteiger partial charge >= 0.3 is 5.97 Å². The molecule has 9 heteroatoms. The number of carbonyl (C=O) groups is 3. The van der Waals surface area contributed by atoms with Crippen molar-refractivity contribution in [2.24, 2.45) is 5.92 Å². The first kappa shape index (κ1) is 22.9. The highest BCUT2D eigenvalue weighted by molar-refractivity contribution is 7.22. The third kappa shape index (κ3) is 6.86. The number of esters is 1. The van der Waals surface area contributed by atoms with Crippen LogP contribution in [0.15, 0.2) is 18.2 Å². The molecule has 158 valence electrons. The van der Waals surface area contributed by atoms with E-state index in [1.165, 1.54) is 37.5 Å². The minimum Gasteiger partial charge on any atom is -0.468 e. The van der Waals surface area contributed by atoms with Crippen molar-refractivity contribution >= 4 is 44.3 Å². The molecule has 2 rings (SSSR count). The van der Waals surface area contributed by atoms with E-state index in [1.807, 2.05) is 13.8 Å². The van der Waals surface area contributed by atoms with Crippen molar-refractivity contribution in [2.45, 2.75) is 52.1 Å². The molecule has 0 aliphatic carbocycles. The Morgan fingerprint density at radius 2 is 1.97 bits per heavy atom. The molecule has 0 fully saturated rings. The van der Waals surface area contributed by atoms with E-state index in [4.69, 9.17) is 4.74 Å². The van der Waals surface area contributed by atoms with Crippen molar-refractivity contribution in [3.63, 3.8) is 0 Å². The van der Waals surface area contributed by atoms with Gasteiger partial charge in [0.1, 0.15) is 17.6 Å². The van der Waals surface area contributed by atoms with Crippen molar-refractivity contribution in [3.8, 4) is 0 Å². The van der Waals surface area contributed by atoms with Gasteiger partial charge in [0.2, 0.25) is 5.91 Å². The van der Waals surface area contributed by atoms with Crippen molar-refractivity contribution in [3.05, 3.63) is 24.0 Å². The van der Waals surface area contributed by atoms with E-state index in [1.54, 1.807) is 6.07 Å². The van der Waals surface area contributed by atoms with E-state index in [0.717, 1.165) is 0 Å². The van der Waals surface area contributed by atoms with Gasteiger partial charge in [0, 0.05) is 6.42 Å². The van der Waals surface area contributed by atoms with Crippen LogP contribution in [0.4, 0.5) is 9.52 Å². The molecule has 1 amide bonds. The van der Waals surface area contributed by atoms with Crippen LogP contribution < -0.4 is 10.6 Å². The monoisotopic (exact) mass is 423 g/mol. The fourth-order valence-electron chi connectivity index (χ4n) is 2.90. The molecule has 2 atom stereocenters. The number of carbonyl (C=O) groups excluding carboxylic acids is 3. The van der Waals surface area contributed by atoms with E-state index in [2.05, 4.69) is 15.6 Å². The predicted molar refractivity (Wildman–Crippen MR) is 110 cm³/mol. The summed E-state index contributed by atoms with van der Waals surface area (Å²) in [6.45, 7) is 5.36. The quantitative estimate of drug-likeness (QED) is 0.569. The van der Waals surface area contributed by atoms with E-state index in [9.17, 15) is 18.8 Å². The molecule has 0 aliphatic rings. The number of ketones is 1. The second-order valence-electron chi connectivity index (χ2n) is 7.25. The summed E-state index contributed by atoms with van der Waals surface area (Å²) in [4.78, 5) is 40.5. The van der Waals surface area contributed by atoms with Crippen molar-refractivity contribution < 1.29 is 23.5 Å². The highest BCUT2D eigenvalue weighted by Crippen LogP contribution is 2.26. The molecule has 1 aromatic heterocycles. The highest BCUT2D eigenvalue weighted by atomic mass is 32.1. The summed E-state index contributed by atoms with van der Waals surface area (Å²) in [6, 6.07) is 2.96. The minimum atomic E-state index is -0.645. The lowest BCUT2D eigenvalue weighted by Crippen LogP contribution is -2.47. The number of methoxy groups -OCH3 is 1. The number of nitrogens with one attached hydrogen (secondary N) is 2. The lowest BCUT2D eigenvalue weighted by Gasteiger charge is -2.23. The number of Topliss-reactive ketones (excluding diaryl/α,β-unsaturated/α-hetero) is 1. The van der Waals surface area contributed by atoms with Gasteiger partial charge in [-0.25, -0.2) is 9.37 Å². The second kappa shape index (κ2) is 10.4. The summed E-state index contributed by atoms with van der Waals surface area (Å²) < 4.78 is 18.7. The first-order valence-electron chi connectivity index (χ1n) is 9.39. The van der Waals surface area contributed by atoms with Crippen LogP contribution in [0.5, 0.6) is 0 Å². The molecule has 7 nitrogen and oxygen atoms in total. The van der Waals surface area contributed by atoms with Gasteiger partial charge in [-0.3, -0.25) is 19.7 Å². The van der Waals surface area contributed by atoms with E-state index in [-0.39, 0.29) is 36.3 Å². The minimum absolute atomic E-state index is 0.0666. The standard InChI is InChI=1S/C20H26FN3O4S/c1-11(2)9-16(19(27)28-4)22-14(12(3)25)7-8-18(26)24-20-23-15-6-5-13(21)10-17(15)29-20/h5-6,10-11,14,16,22H,7-9H2,1-4H3,(H,23,24,26)/t14-,16-/m0/s1. The normalized spacial score (nSPS) is 13.3. The van der Waals surface area contributed by atoms with Crippen molar-refractivity contribution in [2.75, 3.05) is 12.4 Å². The Balaban J connectivity index is 1.96. The van der Waals surface area contributed by atoms with Crippen LogP contribution >= 0.6 is 11.3 Å². The van der Waals surface area contributed by atoms with Gasteiger partial charge in [-0.05, 0) is 43.9 Å². The Morgan fingerprint density at radius 1 is 1.24 bits per heavy atom. The average molecular weight is 424 g/mol. The number of fused-ring (bicyclic) bond motifs is 1. The summed E-state index contributed by atoms with van der Waals surface area (Å²) >= 11 is 1.18. The molecule has 2 N–H and O–H groups in total. The number of benzene rings is 1. The second-order valence-corrected chi connectivity index (χ2v) is 8.28. The van der Waals surface area contributed by atoms with Crippen LogP contribution in [0.2, 0.25) is 0 Å². The number of thiazole rings is 1. The molecule has 0 aliphatic heterocycles. The van der Waals surface area contributed by atoms with Gasteiger partial charge in [-0.2, -0.15) is 0 Å². The largest absolute Gasteiger partial charge is 0.468 e. The average Bonchev–Trinajstić information content (AvgIpc) is 3.03. The molecule has 0 unspecified atom stereocenters.